The smallest absolute Gasteiger partial charge is 0.336 e. The van der Waals surface area contributed by atoms with Gasteiger partial charge in [0.05, 0.1) is 9.52 Å². The zero-order valence-electron chi connectivity index (χ0n) is 30.4. The van der Waals surface area contributed by atoms with E-state index in [1.807, 2.05) is 0 Å². The van der Waals surface area contributed by atoms with Crippen LogP contribution in [0.3, 0.4) is 0 Å². The lowest BCUT2D eigenvalue weighted by Crippen LogP contribution is -2.61. The second kappa shape index (κ2) is 17.2. The quantitative estimate of drug-likeness (QED) is 0.0948. The van der Waals surface area contributed by atoms with Crippen LogP contribution in [0.5, 0.6) is 0 Å². The summed E-state index contributed by atoms with van der Waals surface area (Å²) in [5.41, 5.74) is 0. The van der Waals surface area contributed by atoms with Crippen LogP contribution in [0.1, 0.15) is 34.6 Å². The van der Waals surface area contributed by atoms with E-state index in [0.717, 1.165) is 26.2 Å². The molecule has 0 heterocycles. The molecule has 0 fully saturated rings. The normalized spacial score (nSPS) is 15.7. The Morgan fingerprint density at radius 3 is 1.32 bits per heavy atom. The van der Waals surface area contributed by atoms with Gasteiger partial charge in [-0.05, 0) is 104 Å². The summed E-state index contributed by atoms with van der Waals surface area (Å²) in [6, 6.07) is 2.51. The van der Waals surface area contributed by atoms with Gasteiger partial charge in [-0.2, -0.15) is 0 Å². The van der Waals surface area contributed by atoms with E-state index in [1.165, 1.54) is 12.1 Å². The maximum atomic E-state index is 6.96. The Bertz CT molecular complexity index is 738. The van der Waals surface area contributed by atoms with Crippen molar-refractivity contribution in [1.82, 2.24) is 9.80 Å². The van der Waals surface area contributed by atoms with E-state index in [9.17, 15) is 0 Å². The molecule has 1 unspecified atom stereocenters. The molecule has 0 aromatic heterocycles. The summed E-state index contributed by atoms with van der Waals surface area (Å²) in [7, 11) is -10.6. The van der Waals surface area contributed by atoms with Crippen molar-refractivity contribution in [3.63, 3.8) is 0 Å². The van der Waals surface area contributed by atoms with Crippen LogP contribution in [0.2, 0.25) is 89.3 Å². The van der Waals surface area contributed by atoms with Crippen molar-refractivity contribution in [1.29, 1.82) is 0 Å². The van der Waals surface area contributed by atoms with Gasteiger partial charge in [-0.1, -0.05) is 40.7 Å². The van der Waals surface area contributed by atoms with E-state index >= 15 is 0 Å². The average molecular weight is 703 g/mol. The molecule has 8 nitrogen and oxygen atoms in total. The first-order valence-corrected chi connectivity index (χ1v) is 34.6. The Morgan fingerprint density at radius 2 is 0.951 bits per heavy atom. The van der Waals surface area contributed by atoms with E-state index in [2.05, 4.69) is 116 Å². The molecule has 0 radical (unpaired) electrons. The summed E-state index contributed by atoms with van der Waals surface area (Å²) in [5, 5.41) is 0.249. The van der Waals surface area contributed by atoms with Gasteiger partial charge in [0, 0.05) is 25.2 Å². The molecular weight excluding hydrogens is 633 g/mol. The predicted octanol–water partition coefficient (Wildman–Crippen LogP) is 6.42. The van der Waals surface area contributed by atoms with Gasteiger partial charge in [-0.15, -0.1) is 0 Å². The van der Waals surface area contributed by atoms with Crippen molar-refractivity contribution >= 4 is 60.4 Å². The predicted molar refractivity (Wildman–Crippen MR) is 195 cm³/mol. The van der Waals surface area contributed by atoms with Crippen LogP contribution in [0.25, 0.3) is 0 Å². The third-order valence-electron chi connectivity index (χ3n) is 8.36. The van der Waals surface area contributed by atoms with Crippen LogP contribution in [0.15, 0.2) is 0 Å². The van der Waals surface area contributed by atoms with Crippen molar-refractivity contribution in [2.45, 2.75) is 130 Å². The van der Waals surface area contributed by atoms with E-state index in [1.54, 1.807) is 14.2 Å². The zero-order chi connectivity index (χ0) is 32.5. The summed E-state index contributed by atoms with van der Waals surface area (Å²) in [6.45, 7) is 40.4. The molecule has 0 aliphatic carbocycles. The highest BCUT2D eigenvalue weighted by Crippen LogP contribution is 2.36. The summed E-state index contributed by atoms with van der Waals surface area (Å²) in [6.07, 6.45) is 0. The van der Waals surface area contributed by atoms with Crippen LogP contribution >= 0.6 is 0 Å². The molecule has 0 aromatic carbocycles. The van der Waals surface area contributed by atoms with Crippen molar-refractivity contribution in [3.8, 4) is 0 Å². The maximum Gasteiger partial charge on any atom is 0.336 e. The molecular formula is C26H70N2O6Si7. The second-order valence-corrected chi connectivity index (χ2v) is 40.0. The van der Waals surface area contributed by atoms with E-state index in [-0.39, 0.29) is 14.7 Å². The molecule has 0 aliphatic rings. The molecule has 15 heteroatoms. The fraction of sp³-hybridized carbons (Fsp3) is 1.00. The topological polar surface area (TPSA) is 61.9 Å². The highest BCUT2D eigenvalue weighted by atomic mass is 28.5. The van der Waals surface area contributed by atoms with E-state index in [4.69, 9.17) is 25.3 Å². The lowest BCUT2D eigenvalue weighted by atomic mass is 10.5. The van der Waals surface area contributed by atoms with Crippen LogP contribution < -0.4 is 0 Å². The number of hydrogen-bond acceptors (Lipinski definition) is 8. The van der Waals surface area contributed by atoms with E-state index in [0.29, 0.717) is 5.79 Å². The van der Waals surface area contributed by atoms with Crippen LogP contribution in [-0.4, -0.2) is 116 Å². The molecule has 0 bridgehead atoms. The zero-order valence-corrected chi connectivity index (χ0v) is 37.9. The summed E-state index contributed by atoms with van der Waals surface area (Å²) < 4.78 is 39.3. The average Bonchev–Trinajstić information content (AvgIpc) is 2.80. The minimum Gasteiger partial charge on any atom is -0.436 e. The molecule has 0 saturated carbocycles. The third kappa shape index (κ3) is 14.4. The highest BCUT2D eigenvalue weighted by molar-refractivity contribution is 6.95. The maximum absolute atomic E-state index is 6.96. The third-order valence-corrected chi connectivity index (χ3v) is 38.0. The molecule has 0 aliphatic heterocycles. The molecule has 1 atom stereocenters. The van der Waals surface area contributed by atoms with Crippen LogP contribution in [0.4, 0.5) is 0 Å². The van der Waals surface area contributed by atoms with Gasteiger partial charge in [-0.3, -0.25) is 9.80 Å². The first-order valence-electron chi connectivity index (χ1n) is 15.9. The first-order chi connectivity index (χ1) is 18.5. The molecule has 0 saturated heterocycles. The molecule has 0 amide bonds. The Balaban J connectivity index is 5.37. The van der Waals surface area contributed by atoms with Crippen molar-refractivity contribution in [2.24, 2.45) is 0 Å². The van der Waals surface area contributed by atoms with Gasteiger partial charge in [0.15, 0.2) is 16.6 Å². The van der Waals surface area contributed by atoms with Gasteiger partial charge in [0.1, 0.15) is 0 Å². The molecule has 0 rings (SSSR count). The van der Waals surface area contributed by atoms with Gasteiger partial charge in [0.2, 0.25) is 0 Å². The molecule has 0 N–H and O–H groups in total. The molecule has 0 aromatic rings. The van der Waals surface area contributed by atoms with E-state index < -0.39 is 50.9 Å². The number of rotatable bonds is 22. The summed E-state index contributed by atoms with van der Waals surface area (Å²) in [4.78, 5) is 5.32. The largest absolute Gasteiger partial charge is 0.436 e. The Morgan fingerprint density at radius 1 is 0.585 bits per heavy atom. The fourth-order valence-corrected chi connectivity index (χ4v) is 42.5. The summed E-state index contributed by atoms with van der Waals surface area (Å²) >= 11 is 0. The lowest BCUT2D eigenvalue weighted by molar-refractivity contribution is 0.115. The lowest BCUT2D eigenvalue weighted by Gasteiger charge is -2.45. The Labute approximate surface area is 264 Å². The Hall–Kier alpha value is 1.20. The summed E-state index contributed by atoms with van der Waals surface area (Å²) in [5.74, 6) is 0.641. The van der Waals surface area contributed by atoms with Gasteiger partial charge in [0.25, 0.3) is 0 Å². The Kier molecular flexibility index (Phi) is 17.7. The highest BCUT2D eigenvalue weighted by Gasteiger charge is 2.52. The van der Waals surface area contributed by atoms with Crippen molar-refractivity contribution in [2.75, 3.05) is 40.4 Å². The van der Waals surface area contributed by atoms with Crippen molar-refractivity contribution < 1.29 is 25.3 Å². The SMILES string of the molecule is CCN(CC)C([SiH2]CC[Si](C)(C)O[Si](C)(C)O[Si](C)(C)O[Si](C)(C)O[Si](C)(C)C(C)[Si](C)(OC)OC)N(CC)CC. The van der Waals surface area contributed by atoms with Crippen LogP contribution in [-0.2, 0) is 25.3 Å². The van der Waals surface area contributed by atoms with Gasteiger partial charge >= 0.3 is 34.2 Å². The standard InChI is InChI=1S/C26H70N2O6Si7/c1-19-27(20-2)26(28(21-3)22-4)35-23-24-36(8,9)31-38(12,13)33-40(16,17)34-39(14,15)32-37(10,11)25(5)41(18,29-6)30-7/h25-26H,19-24,35H2,1-18H3. The fourth-order valence-electron chi connectivity index (χ4n) is 6.35. The van der Waals surface area contributed by atoms with Crippen molar-refractivity contribution in [3.05, 3.63) is 0 Å². The first kappa shape index (κ1) is 42.2. The van der Waals surface area contributed by atoms with Crippen LogP contribution in [0, 0.1) is 0 Å². The number of hydrogen-bond donors (Lipinski definition) is 0. The molecule has 0 spiro atoms. The van der Waals surface area contributed by atoms with Gasteiger partial charge < -0.3 is 25.3 Å². The minimum absolute atomic E-state index is 0.249. The number of nitrogens with zero attached hydrogens (tertiary/aromatic N) is 2. The van der Waals surface area contributed by atoms with Gasteiger partial charge in [-0.25, -0.2) is 0 Å². The minimum atomic E-state index is -2.51. The molecule has 248 valence electrons. The molecule has 41 heavy (non-hydrogen) atoms. The second-order valence-electron chi connectivity index (χ2n) is 13.9. The monoisotopic (exact) mass is 702 g/mol.